The summed E-state index contributed by atoms with van der Waals surface area (Å²) in [6.45, 7) is 3.23. The number of amides is 1. The highest BCUT2D eigenvalue weighted by Crippen LogP contribution is 2.24. The van der Waals surface area contributed by atoms with Gasteiger partial charge in [-0.15, -0.1) is 11.3 Å². The SMILES string of the molecule is O=C(NCCC1CN(Cc2cccnc2)Cc2ccnn21)c1cscn1. The summed E-state index contributed by atoms with van der Waals surface area (Å²) in [6.07, 6.45) is 6.38. The maximum Gasteiger partial charge on any atom is 0.270 e. The van der Waals surface area contributed by atoms with Crippen molar-refractivity contribution in [3.05, 3.63) is 64.6 Å². The van der Waals surface area contributed by atoms with Gasteiger partial charge in [-0.3, -0.25) is 19.4 Å². The fraction of sp³-hybridized carbons (Fsp3) is 0.333. The molecule has 7 nitrogen and oxygen atoms in total. The molecular weight excluding hydrogens is 348 g/mol. The zero-order valence-corrected chi connectivity index (χ0v) is 15.1. The zero-order chi connectivity index (χ0) is 17.8. The molecule has 4 rings (SSSR count). The Morgan fingerprint density at radius 1 is 1.35 bits per heavy atom. The molecule has 0 aromatic carbocycles. The van der Waals surface area contributed by atoms with Crippen LogP contribution in [-0.4, -0.2) is 43.6 Å². The third-order valence-corrected chi connectivity index (χ3v) is 5.10. The van der Waals surface area contributed by atoms with Crippen LogP contribution in [0.2, 0.25) is 0 Å². The monoisotopic (exact) mass is 368 g/mol. The Balaban J connectivity index is 1.38. The number of hydrogen-bond acceptors (Lipinski definition) is 6. The smallest absolute Gasteiger partial charge is 0.270 e. The molecule has 0 radical (unpaired) electrons. The number of fused-ring (bicyclic) bond motifs is 1. The third-order valence-electron chi connectivity index (χ3n) is 4.51. The van der Waals surface area contributed by atoms with Crippen LogP contribution < -0.4 is 5.32 Å². The van der Waals surface area contributed by atoms with Crippen molar-refractivity contribution in [3.8, 4) is 0 Å². The summed E-state index contributed by atoms with van der Waals surface area (Å²) >= 11 is 1.42. The van der Waals surface area contributed by atoms with E-state index in [0.29, 0.717) is 12.2 Å². The first-order valence-electron chi connectivity index (χ1n) is 8.59. The number of nitrogens with one attached hydrogen (secondary N) is 1. The molecule has 1 unspecified atom stereocenters. The highest BCUT2D eigenvalue weighted by molar-refractivity contribution is 7.07. The van der Waals surface area contributed by atoms with Gasteiger partial charge >= 0.3 is 0 Å². The lowest BCUT2D eigenvalue weighted by atomic mass is 10.1. The van der Waals surface area contributed by atoms with E-state index in [4.69, 9.17) is 0 Å². The van der Waals surface area contributed by atoms with Gasteiger partial charge in [-0.25, -0.2) is 4.98 Å². The topological polar surface area (TPSA) is 75.9 Å². The van der Waals surface area contributed by atoms with Crippen LogP contribution in [0.25, 0.3) is 0 Å². The molecule has 1 aliphatic rings. The molecule has 0 bridgehead atoms. The second kappa shape index (κ2) is 7.76. The highest BCUT2D eigenvalue weighted by atomic mass is 32.1. The van der Waals surface area contributed by atoms with Gasteiger partial charge in [0, 0.05) is 50.1 Å². The molecule has 26 heavy (non-hydrogen) atoms. The van der Waals surface area contributed by atoms with Gasteiger partial charge in [0.1, 0.15) is 5.69 Å². The second-order valence-electron chi connectivity index (χ2n) is 6.37. The lowest BCUT2D eigenvalue weighted by Gasteiger charge is -2.34. The molecule has 0 fully saturated rings. The summed E-state index contributed by atoms with van der Waals surface area (Å²) in [6, 6.07) is 6.37. The van der Waals surface area contributed by atoms with E-state index in [1.165, 1.54) is 22.6 Å². The minimum absolute atomic E-state index is 0.116. The fourth-order valence-corrected chi connectivity index (χ4v) is 3.85. The Kier molecular flexibility index (Phi) is 5.03. The summed E-state index contributed by atoms with van der Waals surface area (Å²) in [4.78, 5) is 22.7. The molecular formula is C18H20N6OS. The van der Waals surface area contributed by atoms with Crippen molar-refractivity contribution in [3.63, 3.8) is 0 Å². The number of rotatable bonds is 6. The summed E-state index contributed by atoms with van der Waals surface area (Å²) in [5, 5.41) is 9.20. The van der Waals surface area contributed by atoms with Crippen LogP contribution in [0, 0.1) is 0 Å². The van der Waals surface area contributed by atoms with Crippen molar-refractivity contribution in [1.82, 2.24) is 30.0 Å². The number of pyridine rings is 1. The van der Waals surface area contributed by atoms with Crippen LogP contribution in [0.5, 0.6) is 0 Å². The number of aromatic nitrogens is 4. The quantitative estimate of drug-likeness (QED) is 0.721. The molecule has 0 spiro atoms. The first-order chi connectivity index (χ1) is 12.8. The first-order valence-corrected chi connectivity index (χ1v) is 9.54. The van der Waals surface area contributed by atoms with E-state index in [0.717, 1.165) is 26.1 Å². The molecule has 0 saturated carbocycles. The van der Waals surface area contributed by atoms with Gasteiger partial charge in [0.2, 0.25) is 0 Å². The van der Waals surface area contributed by atoms with Crippen LogP contribution >= 0.6 is 11.3 Å². The van der Waals surface area contributed by atoms with Gasteiger partial charge in [0.05, 0.1) is 17.2 Å². The molecule has 0 saturated heterocycles. The molecule has 3 aromatic rings. The largest absolute Gasteiger partial charge is 0.351 e. The molecule has 1 atom stereocenters. The van der Waals surface area contributed by atoms with Gasteiger partial charge in [-0.1, -0.05) is 6.07 Å². The molecule has 8 heteroatoms. The van der Waals surface area contributed by atoms with Crippen LogP contribution in [0.3, 0.4) is 0 Å². The Hall–Kier alpha value is -2.58. The van der Waals surface area contributed by atoms with Crippen LogP contribution in [0.4, 0.5) is 0 Å². The minimum Gasteiger partial charge on any atom is -0.351 e. The highest BCUT2D eigenvalue weighted by Gasteiger charge is 2.25. The van der Waals surface area contributed by atoms with E-state index in [1.807, 2.05) is 18.5 Å². The maximum atomic E-state index is 12.0. The predicted octanol–water partition coefficient (Wildman–Crippen LogP) is 2.11. The number of carbonyl (C=O) groups excluding carboxylic acids is 1. The van der Waals surface area contributed by atoms with Crippen molar-refractivity contribution in [2.75, 3.05) is 13.1 Å². The average Bonchev–Trinajstić information content (AvgIpc) is 3.34. The Morgan fingerprint density at radius 3 is 3.12 bits per heavy atom. The van der Waals surface area contributed by atoms with E-state index in [2.05, 4.69) is 42.1 Å². The minimum atomic E-state index is -0.116. The fourth-order valence-electron chi connectivity index (χ4n) is 3.32. The van der Waals surface area contributed by atoms with Crippen molar-refractivity contribution < 1.29 is 4.79 Å². The molecule has 1 amide bonds. The first kappa shape index (κ1) is 16.9. The molecule has 0 aliphatic carbocycles. The summed E-state index contributed by atoms with van der Waals surface area (Å²) < 4.78 is 2.09. The molecule has 134 valence electrons. The lowest BCUT2D eigenvalue weighted by Crippen LogP contribution is -2.39. The average molecular weight is 368 g/mol. The summed E-state index contributed by atoms with van der Waals surface area (Å²) in [5.74, 6) is -0.116. The van der Waals surface area contributed by atoms with Crippen LogP contribution in [0.1, 0.15) is 34.2 Å². The van der Waals surface area contributed by atoms with Gasteiger partial charge in [-0.05, 0) is 24.1 Å². The van der Waals surface area contributed by atoms with Crippen molar-refractivity contribution in [1.29, 1.82) is 0 Å². The number of thiazole rings is 1. The predicted molar refractivity (Wildman–Crippen MR) is 98.7 cm³/mol. The lowest BCUT2D eigenvalue weighted by molar-refractivity contribution is 0.0942. The van der Waals surface area contributed by atoms with Gasteiger partial charge in [0.25, 0.3) is 5.91 Å². The van der Waals surface area contributed by atoms with Crippen molar-refractivity contribution >= 4 is 17.2 Å². The second-order valence-corrected chi connectivity index (χ2v) is 7.09. The normalized spacial score (nSPS) is 17.0. The third kappa shape index (κ3) is 3.81. The number of hydrogen-bond donors (Lipinski definition) is 1. The summed E-state index contributed by atoms with van der Waals surface area (Å²) in [5.41, 5.74) is 4.56. The molecule has 1 aliphatic heterocycles. The van der Waals surface area contributed by atoms with Crippen LogP contribution in [0.15, 0.2) is 47.7 Å². The molecule has 3 aromatic heterocycles. The number of carbonyl (C=O) groups is 1. The Morgan fingerprint density at radius 2 is 2.31 bits per heavy atom. The number of nitrogens with zero attached hydrogens (tertiary/aromatic N) is 5. The van der Waals surface area contributed by atoms with E-state index in [9.17, 15) is 4.79 Å². The van der Waals surface area contributed by atoms with Gasteiger partial charge in [-0.2, -0.15) is 5.10 Å². The van der Waals surface area contributed by atoms with Crippen LogP contribution in [-0.2, 0) is 13.1 Å². The van der Waals surface area contributed by atoms with E-state index in [-0.39, 0.29) is 11.9 Å². The van der Waals surface area contributed by atoms with E-state index in [1.54, 1.807) is 17.1 Å². The van der Waals surface area contributed by atoms with Gasteiger partial charge in [0.15, 0.2) is 0 Å². The van der Waals surface area contributed by atoms with Crippen molar-refractivity contribution in [2.45, 2.75) is 25.6 Å². The standard InChI is InChI=1S/C18H20N6OS/c25-18(17-12-26-13-21-17)20-6-3-15-10-23(9-14-2-1-5-19-8-14)11-16-4-7-22-24(15)16/h1-2,4-5,7-8,12-13,15H,3,6,9-11H2,(H,20,25). The Labute approximate surface area is 155 Å². The Bertz CT molecular complexity index is 848. The molecule has 1 N–H and O–H groups in total. The van der Waals surface area contributed by atoms with E-state index >= 15 is 0 Å². The zero-order valence-electron chi connectivity index (χ0n) is 14.3. The van der Waals surface area contributed by atoms with Gasteiger partial charge < -0.3 is 5.32 Å². The summed E-state index contributed by atoms with van der Waals surface area (Å²) in [7, 11) is 0. The maximum absolute atomic E-state index is 12.0. The van der Waals surface area contributed by atoms with Crippen molar-refractivity contribution in [2.24, 2.45) is 0 Å². The molecule has 4 heterocycles. The van der Waals surface area contributed by atoms with E-state index < -0.39 is 0 Å².